The van der Waals surface area contributed by atoms with Crippen molar-refractivity contribution in [2.45, 2.75) is 20.0 Å². The summed E-state index contributed by atoms with van der Waals surface area (Å²) < 4.78 is 2.79. The number of aromatic nitrogens is 4. The van der Waals surface area contributed by atoms with Gasteiger partial charge in [0.15, 0.2) is 0 Å². The first-order chi connectivity index (χ1) is 10.5. The van der Waals surface area contributed by atoms with Crippen LogP contribution in [0.3, 0.4) is 0 Å². The van der Waals surface area contributed by atoms with Gasteiger partial charge in [-0.1, -0.05) is 0 Å². The smallest absolute Gasteiger partial charge is 0.313 e. The summed E-state index contributed by atoms with van der Waals surface area (Å²) in [5, 5.41) is 3.08. The standard InChI is InChI=1S/C13H17N5O4/c1-9-8-18(13(22)16-11(9)20)7-4-14-3-6-17-5-2-10(19)15-12(17)21/h2,5,8,14H,3-4,6-7H2,1H3,(H,15,19,21)(H,16,20,22). The van der Waals surface area contributed by atoms with Gasteiger partial charge in [0, 0.05) is 50.2 Å². The van der Waals surface area contributed by atoms with Crippen LogP contribution in [0.5, 0.6) is 0 Å². The lowest BCUT2D eigenvalue weighted by atomic mass is 10.4. The average molecular weight is 307 g/mol. The summed E-state index contributed by atoms with van der Waals surface area (Å²) in [4.78, 5) is 49.6. The third-order valence-corrected chi connectivity index (χ3v) is 3.14. The van der Waals surface area contributed by atoms with Crippen molar-refractivity contribution in [1.29, 1.82) is 0 Å². The SMILES string of the molecule is Cc1cn(CCNCCn2ccc(=O)[nH]c2=O)c(=O)[nH]c1=O. The van der Waals surface area contributed by atoms with Gasteiger partial charge in [0.25, 0.3) is 11.1 Å². The Kier molecular flexibility index (Phi) is 4.89. The maximum Gasteiger partial charge on any atom is 0.328 e. The van der Waals surface area contributed by atoms with Crippen molar-refractivity contribution in [2.75, 3.05) is 13.1 Å². The minimum absolute atomic E-state index is 0.383. The van der Waals surface area contributed by atoms with E-state index in [4.69, 9.17) is 0 Å². The monoisotopic (exact) mass is 307 g/mol. The molecule has 0 saturated heterocycles. The average Bonchev–Trinajstić information content (AvgIpc) is 2.46. The highest BCUT2D eigenvalue weighted by Crippen LogP contribution is 1.83. The molecule has 0 saturated carbocycles. The van der Waals surface area contributed by atoms with Crippen molar-refractivity contribution >= 4 is 0 Å². The molecule has 9 heteroatoms. The number of H-pyrrole nitrogens is 2. The van der Waals surface area contributed by atoms with E-state index in [2.05, 4.69) is 15.3 Å². The van der Waals surface area contributed by atoms with E-state index in [9.17, 15) is 19.2 Å². The molecule has 0 bridgehead atoms. The molecule has 2 rings (SSSR count). The van der Waals surface area contributed by atoms with Crippen molar-refractivity contribution < 1.29 is 0 Å². The molecule has 0 aliphatic rings. The van der Waals surface area contributed by atoms with Crippen LogP contribution in [0, 0.1) is 6.92 Å². The molecule has 0 fully saturated rings. The van der Waals surface area contributed by atoms with E-state index in [1.54, 1.807) is 6.92 Å². The third-order valence-electron chi connectivity index (χ3n) is 3.14. The molecule has 22 heavy (non-hydrogen) atoms. The van der Waals surface area contributed by atoms with Gasteiger partial charge in [0.05, 0.1) is 0 Å². The van der Waals surface area contributed by atoms with E-state index in [0.29, 0.717) is 31.7 Å². The van der Waals surface area contributed by atoms with Gasteiger partial charge in [-0.2, -0.15) is 0 Å². The van der Waals surface area contributed by atoms with E-state index in [1.807, 2.05) is 0 Å². The molecular weight excluding hydrogens is 290 g/mol. The van der Waals surface area contributed by atoms with Crippen molar-refractivity contribution in [3.63, 3.8) is 0 Å². The van der Waals surface area contributed by atoms with Gasteiger partial charge in [-0.15, -0.1) is 0 Å². The Morgan fingerprint density at radius 3 is 2.32 bits per heavy atom. The van der Waals surface area contributed by atoms with Crippen LogP contribution in [0.2, 0.25) is 0 Å². The fourth-order valence-corrected chi connectivity index (χ4v) is 1.93. The first-order valence-electron chi connectivity index (χ1n) is 6.78. The fourth-order valence-electron chi connectivity index (χ4n) is 1.93. The summed E-state index contributed by atoms with van der Waals surface area (Å²) in [5.74, 6) is 0. The second-order valence-electron chi connectivity index (χ2n) is 4.82. The van der Waals surface area contributed by atoms with Crippen LogP contribution in [-0.4, -0.2) is 32.2 Å². The number of hydrogen-bond donors (Lipinski definition) is 3. The molecular formula is C13H17N5O4. The molecule has 9 nitrogen and oxygen atoms in total. The van der Waals surface area contributed by atoms with Crippen LogP contribution in [0.4, 0.5) is 0 Å². The lowest BCUT2D eigenvalue weighted by molar-refractivity contribution is 0.533. The number of aryl methyl sites for hydroxylation is 1. The number of aromatic amines is 2. The normalized spacial score (nSPS) is 10.8. The molecule has 0 spiro atoms. The first kappa shape index (κ1) is 15.7. The molecule has 0 radical (unpaired) electrons. The van der Waals surface area contributed by atoms with Gasteiger partial charge >= 0.3 is 11.4 Å². The maximum atomic E-state index is 11.6. The van der Waals surface area contributed by atoms with E-state index in [-0.39, 0.29) is 5.56 Å². The summed E-state index contributed by atoms with van der Waals surface area (Å²) in [6, 6.07) is 1.28. The van der Waals surface area contributed by atoms with Gasteiger partial charge in [-0.3, -0.25) is 28.7 Å². The zero-order valence-corrected chi connectivity index (χ0v) is 12.1. The van der Waals surface area contributed by atoms with Crippen molar-refractivity contribution in [3.05, 3.63) is 65.7 Å². The minimum Gasteiger partial charge on any atom is -0.313 e. The Balaban J connectivity index is 1.84. The predicted molar refractivity (Wildman–Crippen MR) is 80.3 cm³/mol. The first-order valence-corrected chi connectivity index (χ1v) is 6.78. The van der Waals surface area contributed by atoms with E-state index >= 15 is 0 Å². The molecule has 0 aromatic carbocycles. The van der Waals surface area contributed by atoms with Gasteiger partial charge in [0.1, 0.15) is 0 Å². The fraction of sp³-hybridized carbons (Fsp3) is 0.385. The Bertz CT molecular complexity index is 873. The summed E-state index contributed by atoms with van der Waals surface area (Å²) in [6.07, 6.45) is 2.94. The van der Waals surface area contributed by atoms with Crippen LogP contribution < -0.4 is 27.8 Å². The largest absolute Gasteiger partial charge is 0.328 e. The molecule has 0 aliphatic carbocycles. The molecule has 2 aromatic rings. The summed E-state index contributed by atoms with van der Waals surface area (Å²) >= 11 is 0. The lowest BCUT2D eigenvalue weighted by Crippen LogP contribution is -2.35. The summed E-state index contributed by atoms with van der Waals surface area (Å²) in [6.45, 7) is 3.43. The molecule has 2 heterocycles. The maximum absolute atomic E-state index is 11.6. The van der Waals surface area contributed by atoms with Gasteiger partial charge in [-0.25, -0.2) is 9.59 Å². The predicted octanol–water partition coefficient (Wildman–Crippen LogP) is -2.02. The highest BCUT2D eigenvalue weighted by atomic mass is 16.2. The van der Waals surface area contributed by atoms with Crippen LogP contribution in [0.15, 0.2) is 37.6 Å². The Morgan fingerprint density at radius 1 is 1.00 bits per heavy atom. The molecule has 2 aromatic heterocycles. The molecule has 0 aliphatic heterocycles. The van der Waals surface area contributed by atoms with Crippen molar-refractivity contribution in [1.82, 2.24) is 24.4 Å². The zero-order chi connectivity index (χ0) is 16.1. The third kappa shape index (κ3) is 3.92. The minimum atomic E-state index is -0.457. The van der Waals surface area contributed by atoms with Crippen molar-refractivity contribution in [3.8, 4) is 0 Å². The van der Waals surface area contributed by atoms with Gasteiger partial charge in [-0.05, 0) is 6.92 Å². The van der Waals surface area contributed by atoms with Crippen LogP contribution >= 0.6 is 0 Å². The molecule has 0 atom stereocenters. The molecule has 0 unspecified atom stereocenters. The summed E-state index contributed by atoms with van der Waals surface area (Å²) in [5.41, 5.74) is -1.25. The number of nitrogens with one attached hydrogen (secondary N) is 3. The van der Waals surface area contributed by atoms with Crippen LogP contribution in [0.1, 0.15) is 5.56 Å². The van der Waals surface area contributed by atoms with E-state index in [1.165, 1.54) is 27.6 Å². The molecule has 118 valence electrons. The van der Waals surface area contributed by atoms with Gasteiger partial charge < -0.3 is 5.32 Å². The Morgan fingerprint density at radius 2 is 1.64 bits per heavy atom. The Labute approximate surface area is 124 Å². The highest BCUT2D eigenvalue weighted by molar-refractivity contribution is 5.00. The summed E-state index contributed by atoms with van der Waals surface area (Å²) in [7, 11) is 0. The lowest BCUT2D eigenvalue weighted by Gasteiger charge is -2.08. The molecule has 3 N–H and O–H groups in total. The number of rotatable bonds is 6. The topological polar surface area (TPSA) is 122 Å². The second-order valence-corrected chi connectivity index (χ2v) is 4.82. The van der Waals surface area contributed by atoms with Gasteiger partial charge in [0.2, 0.25) is 0 Å². The quantitative estimate of drug-likeness (QED) is 0.532. The van der Waals surface area contributed by atoms with E-state index in [0.717, 1.165) is 0 Å². The highest BCUT2D eigenvalue weighted by Gasteiger charge is 2.00. The second kappa shape index (κ2) is 6.85. The molecule has 0 amide bonds. The van der Waals surface area contributed by atoms with E-state index < -0.39 is 16.9 Å². The number of hydrogen-bond acceptors (Lipinski definition) is 5. The van der Waals surface area contributed by atoms with Crippen molar-refractivity contribution in [2.24, 2.45) is 0 Å². The zero-order valence-electron chi connectivity index (χ0n) is 12.1. The Hall–Kier alpha value is -2.68. The van der Waals surface area contributed by atoms with Crippen LogP contribution in [0.25, 0.3) is 0 Å². The number of nitrogens with zero attached hydrogens (tertiary/aromatic N) is 2. The van der Waals surface area contributed by atoms with Crippen LogP contribution in [-0.2, 0) is 13.1 Å².